The molecule has 0 saturated carbocycles. The van der Waals surface area contributed by atoms with E-state index < -0.39 is 17.6 Å². The highest BCUT2D eigenvalue weighted by atomic mass is 35.5. The first-order chi connectivity index (χ1) is 10.1. The van der Waals surface area contributed by atoms with Crippen LogP contribution < -0.4 is 5.32 Å². The molecule has 1 heterocycles. The molecule has 0 aromatic heterocycles. The molecule has 0 radical (unpaired) electrons. The lowest BCUT2D eigenvalue weighted by Gasteiger charge is -2.42. The van der Waals surface area contributed by atoms with Crippen molar-refractivity contribution in [2.45, 2.75) is 33.0 Å². The molecule has 1 aromatic rings. The van der Waals surface area contributed by atoms with Crippen LogP contribution >= 0.6 is 24.8 Å². The molecule has 1 aliphatic heterocycles. The first-order valence-corrected chi connectivity index (χ1v) is 7.42. The molecule has 0 aliphatic carbocycles. The van der Waals surface area contributed by atoms with Gasteiger partial charge < -0.3 is 5.32 Å². The summed E-state index contributed by atoms with van der Waals surface area (Å²) in [6.45, 7) is 9.13. The standard InChI is InChI=1S/C16H22F4N2.2ClH/c1-15(2,3)14(22-8-6-21-7-9-22)11-4-5-13(17)12(10-11)16(18,19)20;;/h4-5,10,14,21H,6-9H2,1-3H3;2*1H/t14-;;/m0../s1. The summed E-state index contributed by atoms with van der Waals surface area (Å²) in [6, 6.07) is 3.19. The van der Waals surface area contributed by atoms with Gasteiger partial charge in [0.15, 0.2) is 0 Å². The fourth-order valence-corrected chi connectivity index (χ4v) is 3.13. The SMILES string of the molecule is CC(C)(C)[C@H](c1ccc(F)c(C(F)(F)F)c1)N1CCNCC1.Cl.Cl. The summed E-state index contributed by atoms with van der Waals surface area (Å²) in [5.41, 5.74) is -0.921. The molecule has 24 heavy (non-hydrogen) atoms. The van der Waals surface area contributed by atoms with Gasteiger partial charge in [-0.1, -0.05) is 26.8 Å². The van der Waals surface area contributed by atoms with Crippen molar-refractivity contribution in [3.8, 4) is 0 Å². The maximum atomic E-state index is 13.5. The Kier molecular flexibility index (Phi) is 8.49. The van der Waals surface area contributed by atoms with Gasteiger partial charge >= 0.3 is 6.18 Å². The van der Waals surface area contributed by atoms with Crippen molar-refractivity contribution in [1.29, 1.82) is 0 Å². The van der Waals surface area contributed by atoms with Crippen LogP contribution in [0.5, 0.6) is 0 Å². The number of piperazine rings is 1. The molecule has 1 aliphatic rings. The topological polar surface area (TPSA) is 15.3 Å². The van der Waals surface area contributed by atoms with Crippen LogP contribution in [0.4, 0.5) is 17.6 Å². The van der Waals surface area contributed by atoms with Crippen LogP contribution in [0.3, 0.4) is 0 Å². The molecule has 1 saturated heterocycles. The van der Waals surface area contributed by atoms with Gasteiger partial charge in [0.25, 0.3) is 0 Å². The maximum Gasteiger partial charge on any atom is 0.419 e. The van der Waals surface area contributed by atoms with Crippen LogP contribution in [0.15, 0.2) is 18.2 Å². The predicted molar refractivity (Wildman–Crippen MR) is 92.5 cm³/mol. The zero-order valence-corrected chi connectivity index (χ0v) is 15.5. The van der Waals surface area contributed by atoms with Crippen molar-refractivity contribution in [3.63, 3.8) is 0 Å². The molecule has 1 fully saturated rings. The average Bonchev–Trinajstić information content (AvgIpc) is 2.39. The largest absolute Gasteiger partial charge is 0.419 e. The predicted octanol–water partition coefficient (Wildman–Crippen LogP) is 4.68. The molecule has 1 N–H and O–H groups in total. The molecule has 8 heteroatoms. The minimum Gasteiger partial charge on any atom is -0.314 e. The molecule has 0 spiro atoms. The van der Waals surface area contributed by atoms with Crippen LogP contribution in [-0.4, -0.2) is 31.1 Å². The van der Waals surface area contributed by atoms with Crippen LogP contribution in [0.1, 0.15) is 37.9 Å². The highest BCUT2D eigenvalue weighted by molar-refractivity contribution is 5.85. The van der Waals surface area contributed by atoms with E-state index in [1.54, 1.807) is 0 Å². The normalized spacial score (nSPS) is 17.6. The van der Waals surface area contributed by atoms with Crippen molar-refractivity contribution in [2.75, 3.05) is 26.2 Å². The summed E-state index contributed by atoms with van der Waals surface area (Å²) < 4.78 is 52.4. The molecule has 2 rings (SSSR count). The third kappa shape index (κ3) is 5.48. The highest BCUT2D eigenvalue weighted by Crippen LogP contribution is 2.40. The number of benzene rings is 1. The molecular formula is C16H24Cl2F4N2. The van der Waals surface area contributed by atoms with Crippen LogP contribution in [0.25, 0.3) is 0 Å². The number of nitrogens with one attached hydrogen (secondary N) is 1. The zero-order chi connectivity index (χ0) is 16.5. The van der Waals surface area contributed by atoms with Crippen molar-refractivity contribution >= 4 is 24.8 Å². The van der Waals surface area contributed by atoms with Crippen molar-refractivity contribution < 1.29 is 17.6 Å². The third-order valence-electron chi connectivity index (χ3n) is 3.95. The van der Waals surface area contributed by atoms with Gasteiger partial charge in [0.05, 0.1) is 5.56 Å². The molecule has 140 valence electrons. The molecule has 0 amide bonds. The van der Waals surface area contributed by atoms with Gasteiger partial charge in [-0.15, -0.1) is 24.8 Å². The Morgan fingerprint density at radius 2 is 1.58 bits per heavy atom. The zero-order valence-electron chi connectivity index (χ0n) is 13.9. The fourth-order valence-electron chi connectivity index (χ4n) is 3.13. The lowest BCUT2D eigenvalue weighted by molar-refractivity contribution is -0.140. The summed E-state index contributed by atoms with van der Waals surface area (Å²) in [5.74, 6) is -1.22. The summed E-state index contributed by atoms with van der Waals surface area (Å²) in [5, 5.41) is 3.24. The van der Waals surface area contributed by atoms with Crippen molar-refractivity contribution in [2.24, 2.45) is 5.41 Å². The lowest BCUT2D eigenvalue weighted by atomic mass is 9.80. The molecule has 2 nitrogen and oxygen atoms in total. The number of halogens is 6. The first kappa shape index (κ1) is 23.4. The van der Waals surface area contributed by atoms with E-state index in [1.165, 1.54) is 6.07 Å². The molecule has 0 unspecified atom stereocenters. The Labute approximate surface area is 152 Å². The van der Waals surface area contributed by atoms with E-state index in [1.807, 2.05) is 20.8 Å². The van der Waals surface area contributed by atoms with Gasteiger partial charge in [0.1, 0.15) is 5.82 Å². The van der Waals surface area contributed by atoms with E-state index in [2.05, 4.69) is 10.2 Å². The summed E-state index contributed by atoms with van der Waals surface area (Å²) in [6.07, 6.45) is -4.67. The highest BCUT2D eigenvalue weighted by Gasteiger charge is 2.37. The Bertz CT molecular complexity index is 524. The van der Waals surface area contributed by atoms with Crippen LogP contribution in [0.2, 0.25) is 0 Å². The van der Waals surface area contributed by atoms with Gasteiger partial charge in [-0.2, -0.15) is 13.2 Å². The molecular weight excluding hydrogens is 367 g/mol. The number of nitrogens with zero attached hydrogens (tertiary/aromatic N) is 1. The minimum absolute atomic E-state index is 0. The Balaban J connectivity index is 0.00000264. The smallest absolute Gasteiger partial charge is 0.314 e. The Morgan fingerprint density at radius 3 is 2.04 bits per heavy atom. The van der Waals surface area contributed by atoms with Gasteiger partial charge in [-0.25, -0.2) is 4.39 Å². The summed E-state index contributed by atoms with van der Waals surface area (Å²) >= 11 is 0. The summed E-state index contributed by atoms with van der Waals surface area (Å²) in [7, 11) is 0. The first-order valence-electron chi connectivity index (χ1n) is 7.42. The van der Waals surface area contributed by atoms with Gasteiger partial charge in [-0.3, -0.25) is 4.90 Å². The van der Waals surface area contributed by atoms with E-state index in [9.17, 15) is 17.6 Å². The van der Waals surface area contributed by atoms with E-state index >= 15 is 0 Å². The van der Waals surface area contributed by atoms with Crippen molar-refractivity contribution in [3.05, 3.63) is 35.1 Å². The van der Waals surface area contributed by atoms with Crippen molar-refractivity contribution in [1.82, 2.24) is 10.2 Å². The van der Waals surface area contributed by atoms with Crippen LogP contribution in [-0.2, 0) is 6.18 Å². The molecule has 1 aromatic carbocycles. The fraction of sp³-hybridized carbons (Fsp3) is 0.625. The van der Waals surface area contributed by atoms with E-state index in [0.29, 0.717) is 5.56 Å². The van der Waals surface area contributed by atoms with E-state index in [0.717, 1.165) is 38.3 Å². The molecule has 1 atom stereocenters. The van der Waals surface area contributed by atoms with E-state index in [4.69, 9.17) is 0 Å². The number of rotatable bonds is 2. The Hall–Kier alpha value is -0.560. The monoisotopic (exact) mass is 390 g/mol. The molecule has 0 bridgehead atoms. The van der Waals surface area contributed by atoms with Gasteiger partial charge in [0.2, 0.25) is 0 Å². The van der Waals surface area contributed by atoms with Gasteiger partial charge in [-0.05, 0) is 23.1 Å². The average molecular weight is 391 g/mol. The third-order valence-corrected chi connectivity index (χ3v) is 3.95. The number of hydrogen-bond acceptors (Lipinski definition) is 2. The van der Waals surface area contributed by atoms with Gasteiger partial charge in [0, 0.05) is 32.2 Å². The second-order valence-corrected chi connectivity index (χ2v) is 6.79. The lowest BCUT2D eigenvalue weighted by Crippen LogP contribution is -2.48. The van der Waals surface area contributed by atoms with E-state index in [-0.39, 0.29) is 36.3 Å². The quantitative estimate of drug-likeness (QED) is 0.737. The Morgan fingerprint density at radius 1 is 1.04 bits per heavy atom. The second kappa shape index (κ2) is 8.70. The number of alkyl halides is 3. The van der Waals surface area contributed by atoms with Crippen LogP contribution in [0, 0.1) is 11.2 Å². The maximum absolute atomic E-state index is 13.5. The number of hydrogen-bond donors (Lipinski definition) is 1. The minimum atomic E-state index is -4.67. The summed E-state index contributed by atoms with van der Waals surface area (Å²) in [4.78, 5) is 2.17. The second-order valence-electron chi connectivity index (χ2n) is 6.79.